The van der Waals surface area contributed by atoms with Crippen LogP contribution in [-0.4, -0.2) is 35.3 Å². The van der Waals surface area contributed by atoms with E-state index in [1.807, 2.05) is 0 Å². The van der Waals surface area contributed by atoms with E-state index < -0.39 is 0 Å². The van der Waals surface area contributed by atoms with E-state index in [4.69, 9.17) is 5.73 Å². The van der Waals surface area contributed by atoms with Gasteiger partial charge in [0, 0.05) is 5.54 Å². The molecule has 8 nitrogen and oxygen atoms in total. The Labute approximate surface area is 110 Å². The molecule has 0 aromatic carbocycles. The van der Waals surface area contributed by atoms with Crippen LogP contribution in [0.3, 0.4) is 0 Å². The third-order valence-corrected chi connectivity index (χ3v) is 3.39. The lowest BCUT2D eigenvalue weighted by atomic mass is 10.0. The van der Waals surface area contributed by atoms with Crippen molar-refractivity contribution in [3.8, 4) is 5.95 Å². The fourth-order valence-electron chi connectivity index (χ4n) is 2.40. The third-order valence-electron chi connectivity index (χ3n) is 3.39. The molecule has 1 aliphatic carbocycles. The topological polar surface area (TPSA) is 107 Å². The molecule has 1 aliphatic rings. The van der Waals surface area contributed by atoms with Gasteiger partial charge in [-0.25, -0.2) is 4.98 Å². The molecule has 19 heavy (non-hydrogen) atoms. The SMILES string of the molecule is CC1(Nc2nc(N)nc(-n3cncn3)n2)CCCC1. The number of nitrogen functional groups attached to an aromatic ring is 1. The summed E-state index contributed by atoms with van der Waals surface area (Å²) in [6, 6.07) is 0. The standard InChI is InChI=1S/C11H16N8/c1-11(4-2-3-5-11)18-9-15-8(12)16-10(17-9)19-7-13-6-14-19/h6-7H,2-5H2,1H3,(H3,12,15,16,17,18). The first-order valence-electron chi connectivity index (χ1n) is 6.29. The van der Waals surface area contributed by atoms with Gasteiger partial charge in [0.15, 0.2) is 0 Å². The summed E-state index contributed by atoms with van der Waals surface area (Å²) >= 11 is 0. The van der Waals surface area contributed by atoms with Crippen molar-refractivity contribution in [2.75, 3.05) is 11.1 Å². The number of nitrogens with two attached hydrogens (primary N) is 1. The van der Waals surface area contributed by atoms with E-state index in [2.05, 4.69) is 37.3 Å². The maximum absolute atomic E-state index is 5.72. The van der Waals surface area contributed by atoms with Gasteiger partial charge in [-0.3, -0.25) is 0 Å². The van der Waals surface area contributed by atoms with Crippen molar-refractivity contribution < 1.29 is 0 Å². The number of rotatable bonds is 3. The summed E-state index contributed by atoms with van der Waals surface area (Å²) < 4.78 is 1.46. The maximum atomic E-state index is 5.72. The highest BCUT2D eigenvalue weighted by Crippen LogP contribution is 2.31. The van der Waals surface area contributed by atoms with E-state index in [1.54, 1.807) is 0 Å². The van der Waals surface area contributed by atoms with Gasteiger partial charge in [0.05, 0.1) is 0 Å². The Hall–Kier alpha value is -2.25. The molecule has 100 valence electrons. The summed E-state index contributed by atoms with van der Waals surface area (Å²) in [6.07, 6.45) is 7.61. The number of nitrogens with zero attached hydrogens (tertiary/aromatic N) is 6. The van der Waals surface area contributed by atoms with Gasteiger partial charge in [-0.1, -0.05) is 12.8 Å². The summed E-state index contributed by atoms with van der Waals surface area (Å²) in [7, 11) is 0. The number of aromatic nitrogens is 6. The number of hydrogen-bond acceptors (Lipinski definition) is 7. The fourth-order valence-corrected chi connectivity index (χ4v) is 2.40. The molecule has 0 radical (unpaired) electrons. The molecule has 2 heterocycles. The zero-order valence-corrected chi connectivity index (χ0v) is 10.7. The van der Waals surface area contributed by atoms with Crippen LogP contribution in [0.2, 0.25) is 0 Å². The minimum absolute atomic E-state index is 0.0351. The van der Waals surface area contributed by atoms with E-state index >= 15 is 0 Å². The van der Waals surface area contributed by atoms with Crippen molar-refractivity contribution in [1.82, 2.24) is 29.7 Å². The predicted octanol–water partition coefficient (Wildman–Crippen LogP) is 0.779. The molecule has 0 atom stereocenters. The van der Waals surface area contributed by atoms with Crippen molar-refractivity contribution >= 4 is 11.9 Å². The van der Waals surface area contributed by atoms with Crippen LogP contribution in [0.1, 0.15) is 32.6 Å². The Morgan fingerprint density at radius 1 is 1.26 bits per heavy atom. The quantitative estimate of drug-likeness (QED) is 0.839. The Morgan fingerprint density at radius 3 is 2.74 bits per heavy atom. The van der Waals surface area contributed by atoms with E-state index in [9.17, 15) is 0 Å². The Bertz CT molecular complexity index is 558. The second kappa shape index (κ2) is 4.45. The smallest absolute Gasteiger partial charge is 0.258 e. The highest BCUT2D eigenvalue weighted by atomic mass is 15.4. The van der Waals surface area contributed by atoms with Gasteiger partial charge in [-0.05, 0) is 19.8 Å². The van der Waals surface area contributed by atoms with Gasteiger partial charge < -0.3 is 11.1 Å². The van der Waals surface area contributed by atoms with Gasteiger partial charge in [-0.2, -0.15) is 24.7 Å². The lowest BCUT2D eigenvalue weighted by Gasteiger charge is -2.25. The first-order chi connectivity index (χ1) is 9.15. The van der Waals surface area contributed by atoms with Gasteiger partial charge in [0.1, 0.15) is 12.7 Å². The second-order valence-corrected chi connectivity index (χ2v) is 5.05. The molecule has 2 aromatic heterocycles. The lowest BCUT2D eigenvalue weighted by Crippen LogP contribution is -2.32. The molecule has 0 unspecified atom stereocenters. The highest BCUT2D eigenvalue weighted by molar-refractivity contribution is 5.37. The molecule has 3 N–H and O–H groups in total. The van der Waals surface area contributed by atoms with Crippen LogP contribution in [-0.2, 0) is 0 Å². The van der Waals surface area contributed by atoms with Gasteiger partial charge >= 0.3 is 0 Å². The van der Waals surface area contributed by atoms with Crippen molar-refractivity contribution in [2.24, 2.45) is 0 Å². The zero-order valence-electron chi connectivity index (χ0n) is 10.7. The molecule has 0 spiro atoms. The minimum atomic E-state index is 0.0351. The third kappa shape index (κ3) is 2.47. The zero-order chi connectivity index (χ0) is 13.3. The molecule has 2 aromatic rings. The molecule has 3 rings (SSSR count). The van der Waals surface area contributed by atoms with Crippen LogP contribution >= 0.6 is 0 Å². The molecule has 0 aliphatic heterocycles. The van der Waals surface area contributed by atoms with Gasteiger partial charge in [-0.15, -0.1) is 0 Å². The molecule has 0 saturated heterocycles. The first-order valence-corrected chi connectivity index (χ1v) is 6.29. The summed E-state index contributed by atoms with van der Waals surface area (Å²) in [5.74, 6) is 1.03. The highest BCUT2D eigenvalue weighted by Gasteiger charge is 2.29. The maximum Gasteiger partial charge on any atom is 0.258 e. The minimum Gasteiger partial charge on any atom is -0.368 e. The fraction of sp³-hybridized carbons (Fsp3) is 0.545. The Morgan fingerprint density at radius 2 is 2.05 bits per heavy atom. The van der Waals surface area contributed by atoms with Crippen molar-refractivity contribution in [2.45, 2.75) is 38.1 Å². The van der Waals surface area contributed by atoms with Crippen molar-refractivity contribution in [3.63, 3.8) is 0 Å². The van der Waals surface area contributed by atoms with E-state index in [0.29, 0.717) is 11.9 Å². The lowest BCUT2D eigenvalue weighted by molar-refractivity contribution is 0.527. The van der Waals surface area contributed by atoms with Crippen LogP contribution in [0.25, 0.3) is 5.95 Å². The molecular weight excluding hydrogens is 244 g/mol. The largest absolute Gasteiger partial charge is 0.368 e. The van der Waals surface area contributed by atoms with Crippen molar-refractivity contribution in [3.05, 3.63) is 12.7 Å². The summed E-state index contributed by atoms with van der Waals surface area (Å²) in [6.45, 7) is 2.18. The first kappa shape index (κ1) is 11.8. The van der Waals surface area contributed by atoms with Gasteiger partial charge in [0.25, 0.3) is 5.95 Å². The number of nitrogens with one attached hydrogen (secondary N) is 1. The van der Waals surface area contributed by atoms with Crippen molar-refractivity contribution in [1.29, 1.82) is 0 Å². The average Bonchev–Trinajstić information content (AvgIpc) is 2.99. The Kier molecular flexibility index (Phi) is 2.77. The van der Waals surface area contributed by atoms with Crippen LogP contribution in [0.4, 0.5) is 11.9 Å². The molecule has 1 fully saturated rings. The molecular formula is C11H16N8. The van der Waals surface area contributed by atoms with E-state index in [1.165, 1.54) is 30.2 Å². The molecule has 0 bridgehead atoms. The number of hydrogen-bond donors (Lipinski definition) is 2. The second-order valence-electron chi connectivity index (χ2n) is 5.05. The Balaban J connectivity index is 1.90. The van der Waals surface area contributed by atoms with E-state index in [-0.39, 0.29) is 11.5 Å². The number of anilines is 2. The van der Waals surface area contributed by atoms with Crippen LogP contribution in [0.5, 0.6) is 0 Å². The summed E-state index contributed by atoms with van der Waals surface area (Å²) in [5.41, 5.74) is 5.75. The normalized spacial score (nSPS) is 17.5. The van der Waals surface area contributed by atoms with E-state index in [0.717, 1.165) is 12.8 Å². The van der Waals surface area contributed by atoms with Crippen LogP contribution in [0.15, 0.2) is 12.7 Å². The van der Waals surface area contributed by atoms with Gasteiger partial charge in [0.2, 0.25) is 11.9 Å². The summed E-state index contributed by atoms with van der Waals surface area (Å²) in [4.78, 5) is 16.4. The molecule has 1 saturated carbocycles. The predicted molar refractivity (Wildman–Crippen MR) is 69.7 cm³/mol. The van der Waals surface area contributed by atoms with Crippen LogP contribution < -0.4 is 11.1 Å². The summed E-state index contributed by atoms with van der Waals surface area (Å²) in [5, 5.41) is 7.34. The molecule has 8 heteroatoms. The van der Waals surface area contributed by atoms with Crippen LogP contribution in [0, 0.1) is 0 Å². The molecule has 0 amide bonds. The average molecular weight is 260 g/mol. The monoisotopic (exact) mass is 260 g/mol.